The number of carbonyl (C=O) groups is 1. The van der Waals surface area contributed by atoms with Crippen molar-refractivity contribution in [3.63, 3.8) is 0 Å². The second-order valence-corrected chi connectivity index (χ2v) is 8.59. The normalized spacial score (nSPS) is 21.6. The summed E-state index contributed by atoms with van der Waals surface area (Å²) in [5.41, 5.74) is 2.04. The van der Waals surface area contributed by atoms with E-state index in [1.54, 1.807) is 17.5 Å². The van der Waals surface area contributed by atoms with Gasteiger partial charge in [0, 0.05) is 30.3 Å². The van der Waals surface area contributed by atoms with Crippen molar-refractivity contribution in [2.24, 2.45) is 0 Å². The number of rotatable bonds is 4. The van der Waals surface area contributed by atoms with Crippen LogP contribution < -0.4 is 0 Å². The lowest BCUT2D eigenvalue weighted by Crippen LogP contribution is -2.67. The molecule has 0 aliphatic carbocycles. The number of thiophene rings is 1. The van der Waals surface area contributed by atoms with E-state index in [2.05, 4.69) is 18.8 Å². The molecule has 1 atom stereocenters. The highest BCUT2D eigenvalue weighted by Crippen LogP contribution is 2.37. The molecule has 138 valence electrons. The molecule has 0 aromatic carbocycles. The number of nitrogens with zero attached hydrogens (tertiary/aromatic N) is 2. The molecule has 0 N–H and O–H groups in total. The Balaban J connectivity index is 1.32. The van der Waals surface area contributed by atoms with Crippen molar-refractivity contribution in [1.82, 2.24) is 9.88 Å². The molecule has 1 amide bonds. The maximum atomic E-state index is 12.7. The highest BCUT2D eigenvalue weighted by atomic mass is 32.1. The molecule has 2 aromatic heterocycles. The van der Waals surface area contributed by atoms with Crippen LogP contribution in [0.25, 0.3) is 0 Å². The highest BCUT2D eigenvalue weighted by Gasteiger charge is 2.49. The molecule has 2 saturated heterocycles. The second kappa shape index (κ2) is 7.10. The number of hydrogen-bond donors (Lipinski definition) is 0. The van der Waals surface area contributed by atoms with Gasteiger partial charge in [-0.2, -0.15) is 0 Å². The Kier molecular flexibility index (Phi) is 4.82. The number of pyridine rings is 1. The molecule has 2 aliphatic heterocycles. The average Bonchev–Trinajstić information content (AvgIpc) is 2.97. The van der Waals surface area contributed by atoms with Gasteiger partial charge in [0.1, 0.15) is 5.60 Å². The SMILES string of the molecule is Cc1cc(C(=O)N2CC3(CC(OCc4cccnc4)CCO3)C2)sc1C. The first-order chi connectivity index (χ1) is 12.5. The minimum absolute atomic E-state index is 0.124. The maximum absolute atomic E-state index is 12.7. The minimum Gasteiger partial charge on any atom is -0.373 e. The first-order valence-electron chi connectivity index (χ1n) is 9.05. The topological polar surface area (TPSA) is 51.7 Å². The Morgan fingerprint density at radius 3 is 3.00 bits per heavy atom. The summed E-state index contributed by atoms with van der Waals surface area (Å²) in [6.45, 7) is 6.70. The van der Waals surface area contributed by atoms with Crippen molar-refractivity contribution in [1.29, 1.82) is 0 Å². The predicted octanol–water partition coefficient (Wildman–Crippen LogP) is 3.35. The van der Waals surface area contributed by atoms with E-state index < -0.39 is 0 Å². The summed E-state index contributed by atoms with van der Waals surface area (Å²) in [4.78, 5) is 20.7. The number of likely N-dealkylation sites (tertiary alicyclic amines) is 1. The van der Waals surface area contributed by atoms with Crippen molar-refractivity contribution in [3.05, 3.63) is 51.5 Å². The molecule has 26 heavy (non-hydrogen) atoms. The molecule has 0 saturated carbocycles. The third-order valence-electron chi connectivity index (χ3n) is 5.28. The van der Waals surface area contributed by atoms with Gasteiger partial charge in [0.25, 0.3) is 5.91 Å². The van der Waals surface area contributed by atoms with Gasteiger partial charge in [0.2, 0.25) is 0 Å². The van der Waals surface area contributed by atoms with Crippen molar-refractivity contribution in [2.75, 3.05) is 19.7 Å². The molecule has 6 heteroatoms. The second-order valence-electron chi connectivity index (χ2n) is 7.33. The van der Waals surface area contributed by atoms with Crippen LogP contribution in [0.5, 0.6) is 0 Å². The smallest absolute Gasteiger partial charge is 0.264 e. The van der Waals surface area contributed by atoms with Crippen molar-refractivity contribution < 1.29 is 14.3 Å². The fraction of sp³-hybridized carbons (Fsp3) is 0.500. The summed E-state index contributed by atoms with van der Waals surface area (Å²) in [7, 11) is 0. The number of aryl methyl sites for hydroxylation is 2. The standard InChI is InChI=1S/C20H24N2O3S/c1-14-8-18(26-15(14)2)19(23)22-12-20(13-22)9-17(5-7-25-20)24-11-16-4-3-6-21-10-16/h3-4,6,8,10,17H,5,7,9,11-13H2,1-2H3. The molecular weight excluding hydrogens is 348 g/mol. The van der Waals surface area contributed by atoms with E-state index in [0.29, 0.717) is 26.3 Å². The maximum Gasteiger partial charge on any atom is 0.264 e. The summed E-state index contributed by atoms with van der Waals surface area (Å²) in [6.07, 6.45) is 5.53. The lowest BCUT2D eigenvalue weighted by atomic mass is 9.84. The fourth-order valence-electron chi connectivity index (χ4n) is 3.67. The van der Waals surface area contributed by atoms with Crippen LogP contribution in [0.15, 0.2) is 30.6 Å². The van der Waals surface area contributed by atoms with Crippen LogP contribution in [0.4, 0.5) is 0 Å². The fourth-order valence-corrected chi connectivity index (χ4v) is 4.67. The lowest BCUT2D eigenvalue weighted by molar-refractivity contribution is -0.187. The Morgan fingerprint density at radius 1 is 1.46 bits per heavy atom. The van der Waals surface area contributed by atoms with Crippen LogP contribution in [0.2, 0.25) is 0 Å². The van der Waals surface area contributed by atoms with Gasteiger partial charge in [-0.15, -0.1) is 11.3 Å². The monoisotopic (exact) mass is 372 g/mol. The van der Waals surface area contributed by atoms with E-state index in [4.69, 9.17) is 9.47 Å². The molecule has 2 fully saturated rings. The summed E-state index contributed by atoms with van der Waals surface area (Å²) in [6, 6.07) is 5.94. The number of carbonyl (C=O) groups excluding carboxylic acids is 1. The molecule has 0 bridgehead atoms. The molecule has 0 radical (unpaired) electrons. The van der Waals surface area contributed by atoms with Crippen LogP contribution in [-0.4, -0.2) is 47.2 Å². The molecule has 1 unspecified atom stereocenters. The van der Waals surface area contributed by atoms with Gasteiger partial charge in [-0.25, -0.2) is 0 Å². The molecule has 5 nitrogen and oxygen atoms in total. The average molecular weight is 372 g/mol. The van der Waals surface area contributed by atoms with Gasteiger partial charge < -0.3 is 14.4 Å². The lowest BCUT2D eigenvalue weighted by Gasteiger charge is -2.52. The van der Waals surface area contributed by atoms with Gasteiger partial charge in [0.15, 0.2) is 0 Å². The Labute approximate surface area is 157 Å². The zero-order valence-corrected chi connectivity index (χ0v) is 16.1. The minimum atomic E-state index is -0.227. The van der Waals surface area contributed by atoms with E-state index >= 15 is 0 Å². The van der Waals surface area contributed by atoms with E-state index in [0.717, 1.165) is 23.3 Å². The molecule has 1 spiro atoms. The van der Waals surface area contributed by atoms with Crippen LogP contribution in [0.3, 0.4) is 0 Å². The zero-order valence-electron chi connectivity index (χ0n) is 15.2. The number of ether oxygens (including phenoxy) is 2. The van der Waals surface area contributed by atoms with E-state index in [1.165, 1.54) is 10.4 Å². The van der Waals surface area contributed by atoms with Crippen molar-refractivity contribution in [3.8, 4) is 0 Å². The molecule has 2 aliphatic rings. The van der Waals surface area contributed by atoms with Gasteiger partial charge in [0.05, 0.1) is 30.7 Å². The van der Waals surface area contributed by atoms with E-state index in [9.17, 15) is 4.79 Å². The van der Waals surface area contributed by atoms with Crippen LogP contribution >= 0.6 is 11.3 Å². The Morgan fingerprint density at radius 2 is 2.31 bits per heavy atom. The van der Waals surface area contributed by atoms with Crippen LogP contribution in [-0.2, 0) is 16.1 Å². The molecular formula is C20H24N2O3S. The first-order valence-corrected chi connectivity index (χ1v) is 9.87. The summed E-state index contributed by atoms with van der Waals surface area (Å²) in [5.74, 6) is 0.124. The van der Waals surface area contributed by atoms with E-state index in [-0.39, 0.29) is 17.6 Å². The van der Waals surface area contributed by atoms with Gasteiger partial charge in [-0.3, -0.25) is 9.78 Å². The van der Waals surface area contributed by atoms with E-state index in [1.807, 2.05) is 29.3 Å². The summed E-state index contributed by atoms with van der Waals surface area (Å²) >= 11 is 1.58. The zero-order chi connectivity index (χ0) is 18.1. The van der Waals surface area contributed by atoms with Gasteiger partial charge >= 0.3 is 0 Å². The third-order valence-corrected chi connectivity index (χ3v) is 6.42. The quantitative estimate of drug-likeness (QED) is 0.826. The molecule has 4 heterocycles. The highest BCUT2D eigenvalue weighted by molar-refractivity contribution is 7.14. The molecule has 4 rings (SSSR count). The first kappa shape index (κ1) is 17.6. The number of amides is 1. The Hall–Kier alpha value is -1.76. The summed E-state index contributed by atoms with van der Waals surface area (Å²) in [5, 5.41) is 0. The molecule has 2 aromatic rings. The van der Waals surface area contributed by atoms with Crippen molar-refractivity contribution in [2.45, 2.75) is 45.0 Å². The van der Waals surface area contributed by atoms with Gasteiger partial charge in [-0.05, 0) is 43.5 Å². The summed E-state index contributed by atoms with van der Waals surface area (Å²) < 4.78 is 12.1. The Bertz CT molecular complexity index is 764. The van der Waals surface area contributed by atoms with Crippen LogP contribution in [0.1, 0.15) is 38.5 Å². The van der Waals surface area contributed by atoms with Crippen LogP contribution in [0, 0.1) is 13.8 Å². The number of aromatic nitrogens is 1. The van der Waals surface area contributed by atoms with Gasteiger partial charge in [-0.1, -0.05) is 6.07 Å². The third kappa shape index (κ3) is 3.54. The van der Waals surface area contributed by atoms with Crippen molar-refractivity contribution >= 4 is 17.2 Å². The number of hydrogen-bond acceptors (Lipinski definition) is 5. The predicted molar refractivity (Wildman–Crippen MR) is 100 cm³/mol. The largest absolute Gasteiger partial charge is 0.373 e.